The van der Waals surface area contributed by atoms with Crippen molar-refractivity contribution in [3.8, 4) is 0 Å². The second-order valence-electron chi connectivity index (χ2n) is 4.39. The highest BCUT2D eigenvalue weighted by Crippen LogP contribution is 2.22. The van der Waals surface area contributed by atoms with E-state index in [1.165, 1.54) is 0 Å². The Kier molecular flexibility index (Phi) is 3.82. The third-order valence-corrected chi connectivity index (χ3v) is 5.05. The van der Waals surface area contributed by atoms with Gasteiger partial charge in [-0.25, -0.2) is 13.2 Å². The molecule has 1 aliphatic rings. The van der Waals surface area contributed by atoms with Crippen molar-refractivity contribution in [2.24, 2.45) is 0 Å². The number of carboxylic acids is 1. The van der Waals surface area contributed by atoms with Gasteiger partial charge in [-0.15, -0.1) is 0 Å². The van der Waals surface area contributed by atoms with Gasteiger partial charge in [0.25, 0.3) is 0 Å². The van der Waals surface area contributed by atoms with Crippen LogP contribution in [-0.2, 0) is 14.8 Å². The zero-order chi connectivity index (χ0) is 14.9. The first-order valence-corrected chi connectivity index (χ1v) is 7.53. The van der Waals surface area contributed by atoms with Crippen LogP contribution in [0.15, 0.2) is 17.2 Å². The fourth-order valence-electron chi connectivity index (χ4n) is 2.15. The molecule has 3 N–H and O–H groups in total. The van der Waals surface area contributed by atoms with Gasteiger partial charge in [0.2, 0.25) is 15.9 Å². The number of aromatic carboxylic acids is 1. The van der Waals surface area contributed by atoms with Crippen molar-refractivity contribution in [1.82, 2.24) is 14.6 Å². The van der Waals surface area contributed by atoms with Crippen molar-refractivity contribution in [2.75, 3.05) is 13.1 Å². The predicted molar refractivity (Wildman–Crippen MR) is 68.7 cm³/mol. The lowest BCUT2D eigenvalue weighted by Crippen LogP contribution is -2.56. The molecule has 1 aromatic heterocycles. The topological polar surface area (TPSA) is 120 Å². The summed E-state index contributed by atoms with van der Waals surface area (Å²) in [5.74, 6) is -1.58. The maximum Gasteiger partial charge on any atom is 0.352 e. The fraction of sp³-hybridized carbons (Fsp3) is 0.455. The van der Waals surface area contributed by atoms with Crippen molar-refractivity contribution >= 4 is 21.9 Å². The van der Waals surface area contributed by atoms with Gasteiger partial charge in [0.15, 0.2) is 0 Å². The molecule has 1 amide bonds. The molecule has 20 heavy (non-hydrogen) atoms. The monoisotopic (exact) mass is 301 g/mol. The van der Waals surface area contributed by atoms with Crippen LogP contribution in [0.1, 0.15) is 23.8 Å². The number of carboxylic acid groups (broad SMARTS) is 1. The van der Waals surface area contributed by atoms with Gasteiger partial charge < -0.3 is 15.4 Å². The van der Waals surface area contributed by atoms with E-state index in [0.29, 0.717) is 6.42 Å². The smallest absolute Gasteiger partial charge is 0.352 e. The average molecular weight is 301 g/mol. The second kappa shape index (κ2) is 5.25. The molecular formula is C11H15N3O5S. The minimum absolute atomic E-state index is 0.150. The van der Waals surface area contributed by atoms with Crippen LogP contribution < -0.4 is 5.32 Å². The van der Waals surface area contributed by atoms with Crippen LogP contribution in [0.3, 0.4) is 0 Å². The Bertz CT molecular complexity index is 636. The quantitative estimate of drug-likeness (QED) is 0.700. The number of carbonyl (C=O) groups excluding carboxylic acids is 1. The van der Waals surface area contributed by atoms with E-state index in [0.717, 1.165) is 16.6 Å². The van der Waals surface area contributed by atoms with Crippen molar-refractivity contribution in [1.29, 1.82) is 0 Å². The zero-order valence-electron chi connectivity index (χ0n) is 10.8. The summed E-state index contributed by atoms with van der Waals surface area (Å²) in [4.78, 5) is 24.7. The van der Waals surface area contributed by atoms with E-state index >= 15 is 0 Å². The van der Waals surface area contributed by atoms with Gasteiger partial charge in [0.1, 0.15) is 16.6 Å². The number of nitrogens with zero attached hydrogens (tertiary/aromatic N) is 1. The lowest BCUT2D eigenvalue weighted by Gasteiger charge is -2.33. The van der Waals surface area contributed by atoms with E-state index in [9.17, 15) is 18.0 Å². The van der Waals surface area contributed by atoms with E-state index in [4.69, 9.17) is 5.11 Å². The van der Waals surface area contributed by atoms with E-state index < -0.39 is 22.0 Å². The van der Waals surface area contributed by atoms with Gasteiger partial charge in [-0.2, -0.15) is 4.31 Å². The predicted octanol–water partition coefficient (Wildman–Crippen LogP) is -0.388. The van der Waals surface area contributed by atoms with Crippen LogP contribution in [0, 0.1) is 0 Å². The zero-order valence-corrected chi connectivity index (χ0v) is 11.6. The van der Waals surface area contributed by atoms with Gasteiger partial charge in [0, 0.05) is 19.3 Å². The molecule has 0 aromatic carbocycles. The molecule has 1 aromatic rings. The molecule has 2 rings (SSSR count). The third kappa shape index (κ3) is 2.41. The molecule has 0 bridgehead atoms. The summed E-state index contributed by atoms with van der Waals surface area (Å²) in [5, 5.41) is 11.4. The molecule has 8 nitrogen and oxygen atoms in total. The first-order chi connectivity index (χ1) is 9.37. The number of hydrogen-bond donors (Lipinski definition) is 3. The molecule has 2 heterocycles. The number of amides is 1. The minimum Gasteiger partial charge on any atom is -0.477 e. The Morgan fingerprint density at radius 1 is 1.55 bits per heavy atom. The van der Waals surface area contributed by atoms with Gasteiger partial charge in [-0.3, -0.25) is 4.79 Å². The van der Waals surface area contributed by atoms with Gasteiger partial charge in [-0.05, 0) is 12.5 Å². The minimum atomic E-state index is -3.89. The van der Waals surface area contributed by atoms with Crippen molar-refractivity contribution < 1.29 is 23.1 Å². The van der Waals surface area contributed by atoms with E-state index in [1.807, 2.05) is 0 Å². The number of hydrogen-bond acceptors (Lipinski definition) is 4. The van der Waals surface area contributed by atoms with Gasteiger partial charge in [-0.1, -0.05) is 6.92 Å². The lowest BCUT2D eigenvalue weighted by atomic mass is 10.2. The van der Waals surface area contributed by atoms with Crippen molar-refractivity contribution in [3.05, 3.63) is 18.0 Å². The Balaban J connectivity index is 2.37. The molecule has 110 valence electrons. The summed E-state index contributed by atoms with van der Waals surface area (Å²) in [6.45, 7) is 2.13. The lowest BCUT2D eigenvalue weighted by molar-refractivity contribution is -0.126. The van der Waals surface area contributed by atoms with Crippen LogP contribution in [-0.4, -0.2) is 53.8 Å². The number of carbonyl (C=O) groups is 2. The Morgan fingerprint density at radius 2 is 2.25 bits per heavy atom. The number of piperazine rings is 1. The second-order valence-corrected chi connectivity index (χ2v) is 6.28. The molecule has 1 unspecified atom stereocenters. The highest BCUT2D eigenvalue weighted by atomic mass is 32.2. The molecule has 0 radical (unpaired) electrons. The number of sulfonamides is 1. The van der Waals surface area contributed by atoms with Crippen molar-refractivity contribution in [3.63, 3.8) is 0 Å². The average Bonchev–Trinajstić information content (AvgIpc) is 2.88. The first kappa shape index (κ1) is 14.5. The number of nitrogens with one attached hydrogen (secondary N) is 2. The summed E-state index contributed by atoms with van der Waals surface area (Å²) < 4.78 is 26.1. The largest absolute Gasteiger partial charge is 0.477 e. The standard InChI is InChI=1S/C11H15N3O5S/c1-2-9-10(15)12-3-4-14(9)20(18,19)7-5-8(11(16)17)13-6-7/h5-6,9,13H,2-4H2,1H3,(H,12,15)(H,16,17). The van der Waals surface area contributed by atoms with E-state index in [-0.39, 0.29) is 29.6 Å². The molecule has 1 saturated heterocycles. The SMILES string of the molecule is CCC1C(=O)NCCN1S(=O)(=O)c1c[nH]c(C(=O)O)c1. The van der Waals surface area contributed by atoms with Crippen LogP contribution in [0.25, 0.3) is 0 Å². The summed E-state index contributed by atoms with van der Waals surface area (Å²) in [5.41, 5.74) is -0.210. The number of aromatic nitrogens is 1. The highest BCUT2D eigenvalue weighted by Gasteiger charge is 2.37. The molecule has 1 atom stereocenters. The first-order valence-electron chi connectivity index (χ1n) is 6.09. The van der Waals surface area contributed by atoms with Crippen LogP contribution in [0.2, 0.25) is 0 Å². The number of aromatic amines is 1. The molecule has 0 spiro atoms. The number of rotatable bonds is 4. The maximum atomic E-state index is 12.5. The van der Waals surface area contributed by atoms with Gasteiger partial charge >= 0.3 is 5.97 Å². The van der Waals surface area contributed by atoms with E-state index in [1.54, 1.807) is 6.92 Å². The Labute approximate surface area is 115 Å². The Morgan fingerprint density at radius 3 is 2.80 bits per heavy atom. The highest BCUT2D eigenvalue weighted by molar-refractivity contribution is 7.89. The van der Waals surface area contributed by atoms with Crippen LogP contribution in [0.5, 0.6) is 0 Å². The third-order valence-electron chi connectivity index (χ3n) is 3.16. The maximum absolute atomic E-state index is 12.5. The van der Waals surface area contributed by atoms with Crippen LogP contribution >= 0.6 is 0 Å². The molecule has 0 saturated carbocycles. The summed E-state index contributed by atoms with van der Waals surface area (Å²) in [7, 11) is -3.89. The summed E-state index contributed by atoms with van der Waals surface area (Å²) in [6, 6.07) is 0.286. The molecule has 1 fully saturated rings. The normalized spacial score (nSPS) is 20.6. The number of H-pyrrole nitrogens is 1. The fourth-order valence-corrected chi connectivity index (χ4v) is 3.81. The Hall–Kier alpha value is -1.87. The molecule has 1 aliphatic heterocycles. The molecular weight excluding hydrogens is 286 g/mol. The summed E-state index contributed by atoms with van der Waals surface area (Å²) in [6.07, 6.45) is 1.47. The van der Waals surface area contributed by atoms with E-state index in [2.05, 4.69) is 10.3 Å². The van der Waals surface area contributed by atoms with Crippen LogP contribution in [0.4, 0.5) is 0 Å². The van der Waals surface area contributed by atoms with Crippen molar-refractivity contribution in [2.45, 2.75) is 24.3 Å². The van der Waals surface area contributed by atoms with Gasteiger partial charge in [0.05, 0.1) is 0 Å². The summed E-state index contributed by atoms with van der Waals surface area (Å²) >= 11 is 0. The molecule has 0 aliphatic carbocycles. The molecule has 9 heteroatoms.